The lowest BCUT2D eigenvalue weighted by Crippen LogP contribution is -2.51. The van der Waals surface area contributed by atoms with Gasteiger partial charge in [-0.05, 0) is 56.2 Å². The Kier molecular flexibility index (Phi) is 5.84. The fourth-order valence-corrected chi connectivity index (χ4v) is 3.26. The van der Waals surface area contributed by atoms with Gasteiger partial charge in [0, 0.05) is 44.1 Å². The zero-order valence-electron chi connectivity index (χ0n) is 16.2. The molecule has 1 aromatic heterocycles. The summed E-state index contributed by atoms with van der Waals surface area (Å²) in [6.07, 6.45) is 4.15. The van der Waals surface area contributed by atoms with Crippen molar-refractivity contribution in [2.45, 2.75) is 33.3 Å². The molecule has 0 spiro atoms. The van der Waals surface area contributed by atoms with Gasteiger partial charge in [0.1, 0.15) is 5.75 Å². The van der Waals surface area contributed by atoms with Gasteiger partial charge in [-0.3, -0.25) is 9.59 Å². The number of carbonyl (C=O) groups is 2. The minimum absolute atomic E-state index is 0.00642. The highest BCUT2D eigenvalue weighted by Crippen LogP contribution is 2.21. The van der Waals surface area contributed by atoms with E-state index in [0.717, 1.165) is 16.9 Å². The van der Waals surface area contributed by atoms with E-state index >= 15 is 0 Å². The number of nitrogens with zero attached hydrogens (tertiary/aromatic N) is 2. The van der Waals surface area contributed by atoms with Gasteiger partial charge in [0.15, 0.2) is 0 Å². The van der Waals surface area contributed by atoms with E-state index in [1.807, 2.05) is 67.2 Å². The van der Waals surface area contributed by atoms with Gasteiger partial charge < -0.3 is 19.5 Å². The maximum Gasteiger partial charge on any atom is 0.253 e. The summed E-state index contributed by atoms with van der Waals surface area (Å²) in [6, 6.07) is 7.46. The molecule has 0 atom stereocenters. The second kappa shape index (κ2) is 8.29. The summed E-state index contributed by atoms with van der Waals surface area (Å²) in [5.41, 5.74) is 2.60. The van der Waals surface area contributed by atoms with Gasteiger partial charge in [-0.1, -0.05) is 0 Å². The third-order valence-electron chi connectivity index (χ3n) is 4.72. The molecule has 144 valence electrons. The predicted octanol–water partition coefficient (Wildman–Crippen LogP) is 2.64. The van der Waals surface area contributed by atoms with Crippen LogP contribution in [0.25, 0.3) is 0 Å². The maximum atomic E-state index is 12.8. The van der Waals surface area contributed by atoms with Gasteiger partial charge in [0.25, 0.3) is 5.91 Å². The summed E-state index contributed by atoms with van der Waals surface area (Å²) in [5.74, 6) is 0.918. The third kappa shape index (κ3) is 4.70. The van der Waals surface area contributed by atoms with Crippen LogP contribution in [0, 0.1) is 6.92 Å². The fourth-order valence-electron chi connectivity index (χ4n) is 3.26. The molecule has 2 aromatic rings. The second-order valence-electron chi connectivity index (χ2n) is 7.22. The maximum absolute atomic E-state index is 12.8. The van der Waals surface area contributed by atoms with Crippen LogP contribution in [0.4, 0.5) is 0 Å². The number of H-pyrrole nitrogens is 1. The van der Waals surface area contributed by atoms with Crippen LogP contribution in [0.5, 0.6) is 5.75 Å². The first-order chi connectivity index (χ1) is 12.9. The Morgan fingerprint density at radius 3 is 2.41 bits per heavy atom. The van der Waals surface area contributed by atoms with Crippen LogP contribution in [0.15, 0.2) is 36.7 Å². The monoisotopic (exact) mass is 369 g/mol. The van der Waals surface area contributed by atoms with E-state index in [1.54, 1.807) is 0 Å². The average Bonchev–Trinajstić information content (AvgIpc) is 3.15. The highest BCUT2D eigenvalue weighted by molar-refractivity contribution is 5.94. The molecule has 0 aliphatic carbocycles. The number of aromatic nitrogens is 1. The first-order valence-corrected chi connectivity index (χ1v) is 9.40. The lowest BCUT2D eigenvalue weighted by Gasteiger charge is -2.35. The van der Waals surface area contributed by atoms with Gasteiger partial charge in [0.2, 0.25) is 5.91 Å². The van der Waals surface area contributed by atoms with Crippen LogP contribution in [0.2, 0.25) is 0 Å². The molecule has 2 amide bonds. The summed E-state index contributed by atoms with van der Waals surface area (Å²) in [5, 5.41) is 0. The Labute approximate surface area is 160 Å². The van der Waals surface area contributed by atoms with Crippen molar-refractivity contribution in [3.8, 4) is 5.75 Å². The molecule has 1 aliphatic heterocycles. The highest BCUT2D eigenvalue weighted by atomic mass is 16.5. The van der Waals surface area contributed by atoms with E-state index in [0.29, 0.717) is 38.2 Å². The minimum atomic E-state index is 0.00642. The number of piperazine rings is 1. The van der Waals surface area contributed by atoms with Crippen LogP contribution in [0.1, 0.15) is 35.3 Å². The lowest BCUT2D eigenvalue weighted by molar-refractivity contribution is -0.131. The number of aromatic amines is 1. The fraction of sp³-hybridized carbons (Fsp3) is 0.429. The number of hydrogen-bond acceptors (Lipinski definition) is 3. The molecule has 0 saturated carbocycles. The highest BCUT2D eigenvalue weighted by Gasteiger charge is 2.25. The van der Waals surface area contributed by atoms with Crippen LogP contribution in [-0.2, 0) is 11.2 Å². The van der Waals surface area contributed by atoms with Crippen molar-refractivity contribution in [3.05, 3.63) is 53.3 Å². The number of benzene rings is 1. The molecule has 6 heteroatoms. The number of nitrogens with one attached hydrogen (secondary N) is 1. The molecule has 27 heavy (non-hydrogen) atoms. The molecule has 6 nitrogen and oxygen atoms in total. The quantitative estimate of drug-likeness (QED) is 0.881. The molecular weight excluding hydrogens is 342 g/mol. The number of rotatable bonds is 5. The molecule has 1 saturated heterocycles. The molecule has 3 rings (SSSR count). The van der Waals surface area contributed by atoms with Gasteiger partial charge in [-0.15, -0.1) is 0 Å². The Balaban J connectivity index is 1.56. The van der Waals surface area contributed by atoms with E-state index < -0.39 is 0 Å². The van der Waals surface area contributed by atoms with Gasteiger partial charge >= 0.3 is 0 Å². The Morgan fingerprint density at radius 2 is 1.81 bits per heavy atom. The van der Waals surface area contributed by atoms with Crippen molar-refractivity contribution in [3.63, 3.8) is 0 Å². The van der Waals surface area contributed by atoms with Crippen molar-refractivity contribution >= 4 is 11.8 Å². The predicted molar refractivity (Wildman–Crippen MR) is 104 cm³/mol. The van der Waals surface area contributed by atoms with E-state index in [9.17, 15) is 9.59 Å². The minimum Gasteiger partial charge on any atom is -0.491 e. The van der Waals surface area contributed by atoms with E-state index in [2.05, 4.69) is 4.98 Å². The number of ether oxygens (including phenoxy) is 1. The molecule has 1 fully saturated rings. The molecule has 0 radical (unpaired) electrons. The Hall–Kier alpha value is -2.76. The number of aryl methyl sites for hydroxylation is 1. The van der Waals surface area contributed by atoms with Gasteiger partial charge in [-0.2, -0.15) is 0 Å². The van der Waals surface area contributed by atoms with Crippen molar-refractivity contribution in [2.24, 2.45) is 0 Å². The third-order valence-corrected chi connectivity index (χ3v) is 4.72. The summed E-state index contributed by atoms with van der Waals surface area (Å²) in [6.45, 7) is 8.17. The Morgan fingerprint density at radius 1 is 1.11 bits per heavy atom. The SMILES string of the molecule is Cc1cc(C(=O)N2CCN(C(=O)Cc3cc[nH]c3)CC2)ccc1OC(C)C. The first kappa shape index (κ1) is 19.0. The van der Waals surface area contributed by atoms with Crippen LogP contribution in [0.3, 0.4) is 0 Å². The lowest BCUT2D eigenvalue weighted by atomic mass is 10.1. The van der Waals surface area contributed by atoms with Crippen LogP contribution >= 0.6 is 0 Å². The average molecular weight is 369 g/mol. The summed E-state index contributed by atoms with van der Waals surface area (Å²) in [7, 11) is 0. The summed E-state index contributed by atoms with van der Waals surface area (Å²) >= 11 is 0. The van der Waals surface area contributed by atoms with E-state index in [1.165, 1.54) is 0 Å². The number of carbonyl (C=O) groups excluding carboxylic acids is 2. The van der Waals surface area contributed by atoms with Gasteiger partial charge in [0.05, 0.1) is 12.5 Å². The smallest absolute Gasteiger partial charge is 0.253 e. The van der Waals surface area contributed by atoms with Gasteiger partial charge in [-0.25, -0.2) is 0 Å². The second-order valence-corrected chi connectivity index (χ2v) is 7.22. The van der Waals surface area contributed by atoms with Crippen molar-refractivity contribution < 1.29 is 14.3 Å². The molecule has 1 aromatic carbocycles. The first-order valence-electron chi connectivity index (χ1n) is 9.40. The number of amides is 2. The number of hydrogen-bond donors (Lipinski definition) is 1. The van der Waals surface area contributed by atoms with Crippen LogP contribution < -0.4 is 4.74 Å². The van der Waals surface area contributed by atoms with Crippen molar-refractivity contribution in [1.29, 1.82) is 0 Å². The molecule has 2 heterocycles. The van der Waals surface area contributed by atoms with E-state index in [4.69, 9.17) is 4.74 Å². The van der Waals surface area contributed by atoms with E-state index in [-0.39, 0.29) is 17.9 Å². The summed E-state index contributed by atoms with van der Waals surface area (Å²) in [4.78, 5) is 31.8. The molecule has 1 N–H and O–H groups in total. The molecule has 0 unspecified atom stereocenters. The van der Waals surface area contributed by atoms with Crippen molar-refractivity contribution in [1.82, 2.24) is 14.8 Å². The molecular formula is C21H27N3O3. The zero-order valence-corrected chi connectivity index (χ0v) is 16.2. The summed E-state index contributed by atoms with van der Waals surface area (Å²) < 4.78 is 5.74. The van der Waals surface area contributed by atoms with Crippen molar-refractivity contribution in [2.75, 3.05) is 26.2 Å². The van der Waals surface area contributed by atoms with Crippen LogP contribution in [-0.4, -0.2) is 58.9 Å². The standard InChI is InChI=1S/C21H27N3O3/c1-15(2)27-19-5-4-18(12-16(19)3)21(26)24-10-8-23(9-11-24)20(25)13-17-6-7-22-14-17/h4-7,12,14-15,22H,8-11,13H2,1-3H3. The largest absolute Gasteiger partial charge is 0.491 e. The topological polar surface area (TPSA) is 65.6 Å². The molecule has 1 aliphatic rings. The zero-order chi connectivity index (χ0) is 19.4. The Bertz CT molecular complexity index is 791. The normalized spacial score (nSPS) is 14.5. The molecule has 0 bridgehead atoms.